The zero-order chi connectivity index (χ0) is 11.7. The topological polar surface area (TPSA) is 26.3 Å². The van der Waals surface area contributed by atoms with Crippen molar-refractivity contribution < 1.29 is 9.53 Å². The van der Waals surface area contributed by atoms with Gasteiger partial charge in [0.05, 0.1) is 6.61 Å². The number of carbonyl (C=O) groups is 1. The van der Waals surface area contributed by atoms with Gasteiger partial charge >= 0.3 is 5.97 Å². The normalized spacial score (nSPS) is 14.7. The molecule has 0 fully saturated rings. The molecule has 0 spiro atoms. The number of esters is 1. The Kier molecular flexibility index (Phi) is 7.93. The standard InChI is InChI=1S/C12H24O2S/c1-4-6-7-8-11(13)14-10-9-12(3,15)5-2/h15H,4-10H2,1-3H3. The molecule has 0 aliphatic carbocycles. The molecular weight excluding hydrogens is 208 g/mol. The van der Waals surface area contributed by atoms with Crippen LogP contribution in [0, 0.1) is 0 Å². The van der Waals surface area contributed by atoms with Crippen LogP contribution in [0.3, 0.4) is 0 Å². The van der Waals surface area contributed by atoms with Crippen molar-refractivity contribution >= 4 is 18.6 Å². The van der Waals surface area contributed by atoms with Crippen molar-refractivity contribution in [2.24, 2.45) is 0 Å². The molecule has 0 N–H and O–H groups in total. The van der Waals surface area contributed by atoms with Gasteiger partial charge in [-0.1, -0.05) is 33.6 Å². The number of rotatable bonds is 8. The maximum atomic E-state index is 11.2. The summed E-state index contributed by atoms with van der Waals surface area (Å²) in [4.78, 5) is 11.2. The van der Waals surface area contributed by atoms with Gasteiger partial charge in [0.15, 0.2) is 0 Å². The minimum absolute atomic E-state index is 0.0102. The molecule has 0 saturated heterocycles. The molecule has 1 unspecified atom stereocenters. The summed E-state index contributed by atoms with van der Waals surface area (Å²) in [6, 6.07) is 0. The Balaban J connectivity index is 3.46. The third-order valence-corrected chi connectivity index (χ3v) is 3.19. The zero-order valence-electron chi connectivity index (χ0n) is 10.2. The minimum Gasteiger partial charge on any atom is -0.466 e. The molecule has 0 aromatic heterocycles. The smallest absolute Gasteiger partial charge is 0.305 e. The molecule has 90 valence electrons. The van der Waals surface area contributed by atoms with Crippen LogP contribution in [0.4, 0.5) is 0 Å². The Morgan fingerprint density at radius 3 is 2.53 bits per heavy atom. The summed E-state index contributed by atoms with van der Waals surface area (Å²) in [5.74, 6) is -0.0660. The molecular formula is C12H24O2S. The van der Waals surface area contributed by atoms with Gasteiger partial charge in [-0.05, 0) is 19.3 Å². The molecule has 0 radical (unpaired) electrons. The van der Waals surface area contributed by atoms with Gasteiger partial charge in [-0.3, -0.25) is 4.79 Å². The van der Waals surface area contributed by atoms with E-state index in [9.17, 15) is 4.79 Å². The van der Waals surface area contributed by atoms with Crippen molar-refractivity contribution in [3.8, 4) is 0 Å². The lowest BCUT2D eigenvalue weighted by Crippen LogP contribution is -2.19. The van der Waals surface area contributed by atoms with Crippen LogP contribution < -0.4 is 0 Å². The molecule has 0 saturated carbocycles. The summed E-state index contributed by atoms with van der Waals surface area (Å²) in [6.45, 7) is 6.79. The SMILES string of the molecule is CCCCCC(=O)OCCC(C)(S)CC. The molecule has 0 aromatic rings. The number of thiol groups is 1. The van der Waals surface area contributed by atoms with E-state index in [0.29, 0.717) is 13.0 Å². The highest BCUT2D eigenvalue weighted by atomic mass is 32.1. The maximum absolute atomic E-state index is 11.2. The van der Waals surface area contributed by atoms with Gasteiger partial charge in [-0.15, -0.1) is 0 Å². The predicted molar refractivity (Wildman–Crippen MR) is 67.4 cm³/mol. The second-order valence-corrected chi connectivity index (χ2v) is 5.36. The largest absolute Gasteiger partial charge is 0.466 e. The quantitative estimate of drug-likeness (QED) is 0.393. The maximum Gasteiger partial charge on any atom is 0.305 e. The van der Waals surface area contributed by atoms with E-state index in [4.69, 9.17) is 4.74 Å². The number of ether oxygens (including phenoxy) is 1. The van der Waals surface area contributed by atoms with E-state index in [0.717, 1.165) is 32.1 Å². The Bertz CT molecular complexity index is 178. The molecule has 2 nitrogen and oxygen atoms in total. The van der Waals surface area contributed by atoms with Gasteiger partial charge < -0.3 is 4.74 Å². The first kappa shape index (κ1) is 14.8. The van der Waals surface area contributed by atoms with Gasteiger partial charge in [0.1, 0.15) is 0 Å². The second kappa shape index (κ2) is 8.03. The van der Waals surface area contributed by atoms with E-state index in [1.54, 1.807) is 0 Å². The van der Waals surface area contributed by atoms with E-state index < -0.39 is 0 Å². The first-order chi connectivity index (χ1) is 7.02. The summed E-state index contributed by atoms with van der Waals surface area (Å²) in [6.07, 6.45) is 5.56. The summed E-state index contributed by atoms with van der Waals surface area (Å²) < 4.78 is 5.13. The van der Waals surface area contributed by atoms with Crippen LogP contribution in [0.1, 0.15) is 59.3 Å². The van der Waals surface area contributed by atoms with Gasteiger partial charge in [0.2, 0.25) is 0 Å². The Morgan fingerprint density at radius 1 is 1.33 bits per heavy atom. The number of unbranched alkanes of at least 4 members (excludes halogenated alkanes) is 2. The molecule has 3 heteroatoms. The van der Waals surface area contributed by atoms with Crippen molar-refractivity contribution in [3.05, 3.63) is 0 Å². The van der Waals surface area contributed by atoms with Crippen molar-refractivity contribution in [1.82, 2.24) is 0 Å². The highest BCUT2D eigenvalue weighted by molar-refractivity contribution is 7.81. The lowest BCUT2D eigenvalue weighted by molar-refractivity contribution is -0.144. The van der Waals surface area contributed by atoms with Crippen LogP contribution in [0.2, 0.25) is 0 Å². The molecule has 0 bridgehead atoms. The van der Waals surface area contributed by atoms with Crippen LogP contribution in [0.15, 0.2) is 0 Å². The molecule has 15 heavy (non-hydrogen) atoms. The van der Waals surface area contributed by atoms with Crippen LogP contribution in [0.5, 0.6) is 0 Å². The van der Waals surface area contributed by atoms with E-state index in [1.807, 2.05) is 0 Å². The van der Waals surface area contributed by atoms with E-state index in [1.165, 1.54) is 0 Å². The van der Waals surface area contributed by atoms with Crippen LogP contribution in [-0.2, 0) is 9.53 Å². The molecule has 0 aliphatic heterocycles. The minimum atomic E-state index is -0.0660. The Hall–Kier alpha value is -0.180. The van der Waals surface area contributed by atoms with Crippen molar-refractivity contribution in [2.75, 3.05) is 6.61 Å². The number of carbonyl (C=O) groups excluding carboxylic acids is 1. The van der Waals surface area contributed by atoms with Gasteiger partial charge in [-0.2, -0.15) is 12.6 Å². The fraction of sp³-hybridized carbons (Fsp3) is 0.917. The fourth-order valence-corrected chi connectivity index (χ4v) is 1.24. The summed E-state index contributed by atoms with van der Waals surface area (Å²) >= 11 is 4.48. The van der Waals surface area contributed by atoms with E-state index in [2.05, 4.69) is 33.4 Å². The first-order valence-corrected chi connectivity index (χ1v) is 6.34. The summed E-state index contributed by atoms with van der Waals surface area (Å²) in [5, 5.41) is 0. The number of hydrogen-bond donors (Lipinski definition) is 1. The van der Waals surface area contributed by atoms with Gasteiger partial charge in [0.25, 0.3) is 0 Å². The van der Waals surface area contributed by atoms with Crippen LogP contribution >= 0.6 is 12.6 Å². The predicted octanol–water partition coefficient (Wildman–Crippen LogP) is 3.60. The monoisotopic (exact) mass is 232 g/mol. The second-order valence-electron chi connectivity index (χ2n) is 4.28. The lowest BCUT2D eigenvalue weighted by Gasteiger charge is -2.20. The molecule has 1 atom stereocenters. The Labute approximate surface area is 99.2 Å². The Morgan fingerprint density at radius 2 is 2.00 bits per heavy atom. The highest BCUT2D eigenvalue weighted by Crippen LogP contribution is 2.22. The average molecular weight is 232 g/mol. The van der Waals surface area contributed by atoms with E-state index >= 15 is 0 Å². The lowest BCUT2D eigenvalue weighted by atomic mass is 10.1. The van der Waals surface area contributed by atoms with E-state index in [-0.39, 0.29) is 10.7 Å². The molecule has 0 aliphatic rings. The molecule has 0 amide bonds. The number of hydrogen-bond acceptors (Lipinski definition) is 3. The summed E-state index contributed by atoms with van der Waals surface area (Å²) in [5.41, 5.74) is 0. The molecule has 0 aromatic carbocycles. The molecule has 0 rings (SSSR count). The van der Waals surface area contributed by atoms with Gasteiger partial charge in [0, 0.05) is 11.2 Å². The van der Waals surface area contributed by atoms with Crippen molar-refractivity contribution in [2.45, 2.75) is 64.0 Å². The van der Waals surface area contributed by atoms with Crippen LogP contribution in [-0.4, -0.2) is 17.3 Å². The van der Waals surface area contributed by atoms with Crippen LogP contribution in [0.25, 0.3) is 0 Å². The third-order valence-electron chi connectivity index (χ3n) is 2.65. The highest BCUT2D eigenvalue weighted by Gasteiger charge is 2.16. The van der Waals surface area contributed by atoms with Gasteiger partial charge in [-0.25, -0.2) is 0 Å². The third kappa shape index (κ3) is 8.79. The van der Waals surface area contributed by atoms with Crippen molar-refractivity contribution in [1.29, 1.82) is 0 Å². The fourth-order valence-electron chi connectivity index (χ4n) is 1.15. The summed E-state index contributed by atoms with van der Waals surface area (Å²) in [7, 11) is 0. The first-order valence-electron chi connectivity index (χ1n) is 5.90. The zero-order valence-corrected chi connectivity index (χ0v) is 11.1. The average Bonchev–Trinajstić information content (AvgIpc) is 2.18. The molecule has 0 heterocycles. The van der Waals surface area contributed by atoms with Crippen molar-refractivity contribution in [3.63, 3.8) is 0 Å².